The highest BCUT2D eigenvalue weighted by molar-refractivity contribution is 6.16. The van der Waals surface area contributed by atoms with Crippen LogP contribution in [0.4, 0.5) is 0 Å². The van der Waals surface area contributed by atoms with Crippen molar-refractivity contribution in [3.8, 4) is 5.75 Å². The third-order valence-electron chi connectivity index (χ3n) is 2.44. The molecular weight excluding hydrogens is 274 g/mol. The van der Waals surface area contributed by atoms with Crippen LogP contribution in [0.5, 0.6) is 5.75 Å². The molecule has 0 N–H and O–H groups in total. The van der Waals surface area contributed by atoms with Gasteiger partial charge in [0.15, 0.2) is 5.75 Å². The molecule has 0 saturated carbocycles. The van der Waals surface area contributed by atoms with E-state index in [-0.39, 0.29) is 5.57 Å². The summed E-state index contributed by atoms with van der Waals surface area (Å²) in [5.74, 6) is 0.256. The molecule has 0 aliphatic heterocycles. The first kappa shape index (κ1) is 16.6. The van der Waals surface area contributed by atoms with Gasteiger partial charge in [-0.2, -0.15) is 0 Å². The Morgan fingerprint density at radius 2 is 2.00 bits per heavy atom. The lowest BCUT2D eigenvalue weighted by Crippen LogP contribution is -2.06. The number of hydrogen-bond acceptors (Lipinski definition) is 6. The first-order chi connectivity index (χ1) is 10.1. The maximum Gasteiger partial charge on any atom is 0.341 e. The molecule has 0 saturated heterocycles. The van der Waals surface area contributed by atoms with Gasteiger partial charge in [0.2, 0.25) is 5.90 Å². The summed E-state index contributed by atoms with van der Waals surface area (Å²) in [4.78, 5) is 17.1. The zero-order chi connectivity index (χ0) is 15.7. The topological polar surface area (TPSA) is 66.3 Å². The number of methoxy groups -OCH3 is 2. The predicted molar refractivity (Wildman–Crippen MR) is 78.8 cm³/mol. The normalized spacial score (nSPS) is 11.8. The van der Waals surface area contributed by atoms with Crippen molar-refractivity contribution in [2.45, 2.75) is 13.8 Å². The van der Waals surface area contributed by atoms with E-state index in [1.165, 1.54) is 20.5 Å². The second-order valence-corrected chi connectivity index (χ2v) is 3.89. The Kier molecular flexibility index (Phi) is 6.80. The summed E-state index contributed by atoms with van der Waals surface area (Å²) in [6.45, 7) is 4.03. The van der Waals surface area contributed by atoms with Gasteiger partial charge in [0.25, 0.3) is 0 Å². The average molecular weight is 293 g/mol. The van der Waals surface area contributed by atoms with Crippen LogP contribution in [0.15, 0.2) is 35.7 Å². The molecule has 0 radical (unpaired) electrons. The highest BCUT2D eigenvalue weighted by Gasteiger charge is 2.17. The van der Waals surface area contributed by atoms with Crippen LogP contribution in [0.2, 0.25) is 0 Å². The number of rotatable bonds is 6. The molecule has 0 aliphatic rings. The van der Waals surface area contributed by atoms with Gasteiger partial charge in [-0.15, -0.1) is 0 Å². The van der Waals surface area contributed by atoms with Crippen molar-refractivity contribution in [1.29, 1.82) is 0 Å². The molecule has 0 fully saturated rings. The van der Waals surface area contributed by atoms with Crippen LogP contribution in [0.3, 0.4) is 0 Å². The van der Waals surface area contributed by atoms with Gasteiger partial charge in [-0.05, 0) is 18.1 Å². The van der Waals surface area contributed by atoms with Crippen molar-refractivity contribution in [3.63, 3.8) is 0 Å². The Balaban J connectivity index is 3.10. The van der Waals surface area contributed by atoms with Crippen molar-refractivity contribution >= 4 is 17.4 Å². The Hall–Kier alpha value is -2.50. The van der Waals surface area contributed by atoms with Crippen LogP contribution in [0, 0.1) is 0 Å². The van der Waals surface area contributed by atoms with E-state index >= 15 is 0 Å². The minimum Gasteiger partial charge on any atom is -0.503 e. The molecule has 0 aromatic heterocycles. The lowest BCUT2D eigenvalue weighted by Gasteiger charge is -2.10. The van der Waals surface area contributed by atoms with Crippen LogP contribution >= 0.6 is 0 Å². The van der Waals surface area contributed by atoms with E-state index in [0.29, 0.717) is 23.8 Å². The van der Waals surface area contributed by atoms with Crippen LogP contribution in [0.1, 0.15) is 19.4 Å². The second kappa shape index (κ2) is 8.63. The van der Waals surface area contributed by atoms with E-state index < -0.39 is 5.97 Å². The first-order valence-electron chi connectivity index (χ1n) is 6.39. The Morgan fingerprint density at radius 3 is 2.62 bits per heavy atom. The van der Waals surface area contributed by atoms with Crippen LogP contribution in [-0.2, 0) is 19.0 Å². The van der Waals surface area contributed by atoms with Crippen molar-refractivity contribution in [2.75, 3.05) is 20.8 Å². The molecule has 1 rings (SSSR count). The summed E-state index contributed by atoms with van der Waals surface area (Å²) in [5, 5.41) is 3.85. The summed E-state index contributed by atoms with van der Waals surface area (Å²) in [5.41, 5.74) is 0.749. The minimum atomic E-state index is -0.529. The van der Waals surface area contributed by atoms with Gasteiger partial charge < -0.3 is 19.0 Å². The number of oxime groups is 1. The average Bonchev–Trinajstić information content (AvgIpc) is 2.50. The number of nitrogens with zero attached hydrogens (tertiary/aromatic N) is 1. The first-order valence-corrected chi connectivity index (χ1v) is 6.39. The smallest absolute Gasteiger partial charge is 0.341 e. The molecule has 0 spiro atoms. The third kappa shape index (κ3) is 4.83. The van der Waals surface area contributed by atoms with Gasteiger partial charge in [-0.1, -0.05) is 18.2 Å². The molecule has 6 nitrogen and oxygen atoms in total. The number of hydrogen-bond donors (Lipinski definition) is 0. The van der Waals surface area contributed by atoms with E-state index in [0.717, 1.165) is 0 Å². The van der Waals surface area contributed by atoms with E-state index in [1.54, 1.807) is 31.2 Å². The fourth-order valence-corrected chi connectivity index (χ4v) is 1.57. The monoisotopic (exact) mass is 293 g/mol. The predicted octanol–water partition coefficient (Wildman–Crippen LogP) is 2.60. The molecular formula is C15H19NO5. The molecule has 0 atom stereocenters. The molecule has 1 aromatic rings. The van der Waals surface area contributed by atoms with Gasteiger partial charge in [-0.3, -0.25) is 0 Å². The summed E-state index contributed by atoms with van der Waals surface area (Å²) in [6.07, 6.45) is 1.30. The zero-order valence-electron chi connectivity index (χ0n) is 12.6. The van der Waals surface area contributed by atoms with Crippen molar-refractivity contribution in [1.82, 2.24) is 0 Å². The van der Waals surface area contributed by atoms with E-state index in [4.69, 9.17) is 19.0 Å². The highest BCUT2D eigenvalue weighted by Crippen LogP contribution is 2.27. The standard InChI is InChI=1S/C15H19NO5/c1-5-20-11(2)16-21-14-9-7-6-8-12(14)13(10-18-3)15(17)19-4/h6-10H,5H2,1-4H3. The number of carbonyl (C=O) groups is 1. The molecule has 6 heteroatoms. The summed E-state index contributed by atoms with van der Waals surface area (Å²) in [7, 11) is 2.75. The van der Waals surface area contributed by atoms with Crippen molar-refractivity contribution in [2.24, 2.45) is 5.16 Å². The zero-order valence-corrected chi connectivity index (χ0v) is 12.6. The molecule has 0 unspecified atom stereocenters. The molecule has 0 heterocycles. The van der Waals surface area contributed by atoms with Crippen LogP contribution in [-0.4, -0.2) is 32.7 Å². The van der Waals surface area contributed by atoms with Gasteiger partial charge in [-0.25, -0.2) is 4.79 Å². The lowest BCUT2D eigenvalue weighted by atomic mass is 10.1. The SMILES string of the molecule is CCOC(C)=NOc1ccccc1C(=COC)C(=O)OC. The van der Waals surface area contributed by atoms with E-state index in [1.807, 2.05) is 6.92 Å². The second-order valence-electron chi connectivity index (χ2n) is 3.89. The van der Waals surface area contributed by atoms with Gasteiger partial charge >= 0.3 is 5.97 Å². The van der Waals surface area contributed by atoms with Gasteiger partial charge in [0.1, 0.15) is 5.57 Å². The van der Waals surface area contributed by atoms with E-state index in [2.05, 4.69) is 5.16 Å². The third-order valence-corrected chi connectivity index (χ3v) is 2.44. The Morgan fingerprint density at radius 1 is 1.29 bits per heavy atom. The fourth-order valence-electron chi connectivity index (χ4n) is 1.57. The number of ether oxygens (including phenoxy) is 3. The minimum absolute atomic E-state index is 0.236. The lowest BCUT2D eigenvalue weighted by molar-refractivity contribution is -0.133. The summed E-state index contributed by atoms with van der Waals surface area (Å²) >= 11 is 0. The molecule has 0 amide bonds. The summed E-state index contributed by atoms with van der Waals surface area (Å²) in [6, 6.07) is 6.94. The molecule has 114 valence electrons. The molecule has 0 bridgehead atoms. The fraction of sp³-hybridized carbons (Fsp3) is 0.333. The Labute approximate surface area is 123 Å². The molecule has 1 aromatic carbocycles. The molecule has 0 aliphatic carbocycles. The number of benzene rings is 1. The highest BCUT2D eigenvalue weighted by atomic mass is 16.6. The quantitative estimate of drug-likeness (QED) is 0.201. The molecule has 21 heavy (non-hydrogen) atoms. The number of para-hydroxylation sites is 1. The summed E-state index contributed by atoms with van der Waals surface area (Å²) < 4.78 is 14.8. The maximum atomic E-state index is 11.8. The van der Waals surface area contributed by atoms with E-state index in [9.17, 15) is 4.79 Å². The van der Waals surface area contributed by atoms with Gasteiger partial charge in [0.05, 0.1) is 27.1 Å². The largest absolute Gasteiger partial charge is 0.503 e. The van der Waals surface area contributed by atoms with Crippen LogP contribution < -0.4 is 4.84 Å². The Bertz CT molecular complexity index is 537. The van der Waals surface area contributed by atoms with Crippen LogP contribution in [0.25, 0.3) is 5.57 Å². The maximum absolute atomic E-state index is 11.8. The van der Waals surface area contributed by atoms with Crippen molar-refractivity contribution < 1.29 is 23.8 Å². The van der Waals surface area contributed by atoms with Crippen molar-refractivity contribution in [3.05, 3.63) is 36.1 Å². The number of esters is 1. The number of carbonyl (C=O) groups excluding carboxylic acids is 1. The van der Waals surface area contributed by atoms with Gasteiger partial charge in [0, 0.05) is 12.5 Å².